The van der Waals surface area contributed by atoms with Crippen LogP contribution in [0.2, 0.25) is 0 Å². The number of fused-ring (bicyclic) bond motifs is 1. The Balaban J connectivity index is 1.59. The summed E-state index contributed by atoms with van der Waals surface area (Å²) < 4.78 is 0. The molecule has 102 valence electrons. The number of carbonyl (C=O) groups is 1. The van der Waals surface area contributed by atoms with Crippen molar-refractivity contribution < 1.29 is 4.79 Å². The second-order valence-electron chi connectivity index (χ2n) is 5.88. The van der Waals surface area contributed by atoms with E-state index in [1.807, 2.05) is 11.9 Å². The van der Waals surface area contributed by atoms with Gasteiger partial charge in [-0.1, -0.05) is 24.3 Å². The number of likely N-dealkylation sites (N-methyl/N-ethyl adjacent to an activating group) is 1. The first-order valence-electron chi connectivity index (χ1n) is 7.29. The molecular weight excluding hydrogens is 236 g/mol. The molecule has 1 amide bonds. The second-order valence-corrected chi connectivity index (χ2v) is 5.88. The smallest absolute Gasteiger partial charge is 0.222 e. The largest absolute Gasteiger partial charge is 0.344 e. The van der Waals surface area contributed by atoms with Crippen LogP contribution in [0.5, 0.6) is 0 Å². The van der Waals surface area contributed by atoms with Crippen LogP contribution in [0.4, 0.5) is 0 Å². The van der Waals surface area contributed by atoms with Crippen molar-refractivity contribution >= 4 is 5.91 Å². The summed E-state index contributed by atoms with van der Waals surface area (Å²) >= 11 is 0. The first-order chi connectivity index (χ1) is 9.22. The number of aryl methyl sites for hydroxylation is 1. The van der Waals surface area contributed by atoms with Gasteiger partial charge in [0.25, 0.3) is 0 Å². The van der Waals surface area contributed by atoms with Crippen molar-refractivity contribution in [2.75, 3.05) is 13.6 Å². The van der Waals surface area contributed by atoms with Gasteiger partial charge in [-0.25, -0.2) is 0 Å². The number of hydrogen-bond donors (Lipinski definition) is 1. The van der Waals surface area contributed by atoms with Crippen LogP contribution in [0.1, 0.15) is 30.4 Å². The molecule has 19 heavy (non-hydrogen) atoms. The van der Waals surface area contributed by atoms with E-state index < -0.39 is 0 Å². The molecule has 1 aromatic carbocycles. The molecule has 0 saturated carbocycles. The van der Waals surface area contributed by atoms with E-state index >= 15 is 0 Å². The monoisotopic (exact) mass is 258 g/mol. The highest BCUT2D eigenvalue weighted by Gasteiger charge is 2.26. The van der Waals surface area contributed by atoms with E-state index in [4.69, 9.17) is 0 Å². The van der Waals surface area contributed by atoms with Crippen LogP contribution >= 0.6 is 0 Å². The van der Waals surface area contributed by atoms with Crippen LogP contribution in [0.25, 0.3) is 0 Å². The maximum atomic E-state index is 11.5. The Morgan fingerprint density at radius 1 is 1.11 bits per heavy atom. The molecule has 2 unspecified atom stereocenters. The van der Waals surface area contributed by atoms with Gasteiger partial charge in [0.1, 0.15) is 0 Å². The average Bonchev–Trinajstić information content (AvgIpc) is 2.43. The summed E-state index contributed by atoms with van der Waals surface area (Å²) in [5.41, 5.74) is 3.00. The van der Waals surface area contributed by atoms with Crippen molar-refractivity contribution in [3.05, 3.63) is 35.4 Å². The van der Waals surface area contributed by atoms with E-state index in [0.29, 0.717) is 18.5 Å². The lowest BCUT2D eigenvalue weighted by Crippen LogP contribution is -2.50. The quantitative estimate of drug-likeness (QED) is 0.876. The van der Waals surface area contributed by atoms with Gasteiger partial charge in [-0.2, -0.15) is 0 Å². The third kappa shape index (κ3) is 2.81. The van der Waals surface area contributed by atoms with Gasteiger partial charge in [0.05, 0.1) is 0 Å². The third-order valence-electron chi connectivity index (χ3n) is 4.44. The highest BCUT2D eigenvalue weighted by molar-refractivity contribution is 5.76. The van der Waals surface area contributed by atoms with Gasteiger partial charge in [-0.15, -0.1) is 0 Å². The Bertz CT molecular complexity index is 472. The summed E-state index contributed by atoms with van der Waals surface area (Å²) in [6.07, 6.45) is 5.20. The van der Waals surface area contributed by atoms with Crippen molar-refractivity contribution in [1.82, 2.24) is 10.2 Å². The fourth-order valence-corrected chi connectivity index (χ4v) is 3.32. The summed E-state index contributed by atoms with van der Waals surface area (Å²) in [6, 6.07) is 9.81. The first-order valence-corrected chi connectivity index (χ1v) is 7.29. The topological polar surface area (TPSA) is 32.3 Å². The number of rotatable bonds is 2. The minimum Gasteiger partial charge on any atom is -0.344 e. The van der Waals surface area contributed by atoms with Crippen LogP contribution in [0, 0.1) is 0 Å². The van der Waals surface area contributed by atoms with E-state index in [1.54, 1.807) is 0 Å². The molecule has 1 aliphatic carbocycles. The maximum absolute atomic E-state index is 11.5. The molecule has 0 radical (unpaired) electrons. The molecule has 0 bridgehead atoms. The Labute approximate surface area is 115 Å². The van der Waals surface area contributed by atoms with E-state index in [0.717, 1.165) is 19.4 Å². The first kappa shape index (κ1) is 12.7. The zero-order chi connectivity index (χ0) is 13.2. The SMILES string of the molecule is CN1CC(NC2CCc3ccccc3C2)CCC1=O. The van der Waals surface area contributed by atoms with E-state index in [2.05, 4.69) is 29.6 Å². The van der Waals surface area contributed by atoms with Crippen molar-refractivity contribution in [2.45, 2.75) is 44.2 Å². The average molecular weight is 258 g/mol. The number of nitrogens with one attached hydrogen (secondary N) is 1. The lowest BCUT2D eigenvalue weighted by molar-refractivity contribution is -0.132. The third-order valence-corrected chi connectivity index (χ3v) is 4.44. The number of amides is 1. The molecular formula is C16H22N2O. The molecule has 3 heteroatoms. The van der Waals surface area contributed by atoms with Crippen LogP contribution in [-0.4, -0.2) is 36.5 Å². The zero-order valence-corrected chi connectivity index (χ0v) is 11.6. The molecule has 1 N–H and O–H groups in total. The fourth-order valence-electron chi connectivity index (χ4n) is 3.32. The zero-order valence-electron chi connectivity index (χ0n) is 11.6. The standard InChI is InChI=1S/C16H22N2O/c1-18-11-15(8-9-16(18)19)17-14-7-6-12-4-2-3-5-13(12)10-14/h2-5,14-15,17H,6-11H2,1H3. The summed E-state index contributed by atoms with van der Waals surface area (Å²) in [4.78, 5) is 13.4. The van der Waals surface area contributed by atoms with Crippen molar-refractivity contribution in [2.24, 2.45) is 0 Å². The van der Waals surface area contributed by atoms with Crippen LogP contribution < -0.4 is 5.32 Å². The normalized spacial score (nSPS) is 27.2. The predicted octanol–water partition coefficient (Wildman–Crippen LogP) is 1.75. The molecule has 1 saturated heterocycles. The Morgan fingerprint density at radius 2 is 1.84 bits per heavy atom. The van der Waals surface area contributed by atoms with Crippen molar-refractivity contribution in [1.29, 1.82) is 0 Å². The molecule has 2 aliphatic rings. The van der Waals surface area contributed by atoms with Gasteiger partial charge in [-0.05, 0) is 36.8 Å². The number of benzene rings is 1. The highest BCUT2D eigenvalue weighted by atomic mass is 16.2. The van der Waals surface area contributed by atoms with Crippen LogP contribution in [0.15, 0.2) is 24.3 Å². The van der Waals surface area contributed by atoms with E-state index in [-0.39, 0.29) is 5.91 Å². The minimum absolute atomic E-state index is 0.284. The molecule has 3 nitrogen and oxygen atoms in total. The van der Waals surface area contributed by atoms with Crippen molar-refractivity contribution in [3.8, 4) is 0 Å². The summed E-state index contributed by atoms with van der Waals surface area (Å²) in [5, 5.41) is 3.76. The lowest BCUT2D eigenvalue weighted by atomic mass is 9.87. The molecule has 1 fully saturated rings. The van der Waals surface area contributed by atoms with Crippen LogP contribution in [-0.2, 0) is 17.6 Å². The fraction of sp³-hybridized carbons (Fsp3) is 0.562. The van der Waals surface area contributed by atoms with Gasteiger partial charge in [0.15, 0.2) is 0 Å². The number of likely N-dealkylation sites (tertiary alicyclic amines) is 1. The minimum atomic E-state index is 0.284. The van der Waals surface area contributed by atoms with E-state index in [9.17, 15) is 4.79 Å². The Morgan fingerprint density at radius 3 is 2.63 bits per heavy atom. The Kier molecular flexibility index (Phi) is 3.56. The van der Waals surface area contributed by atoms with Gasteiger partial charge < -0.3 is 10.2 Å². The number of nitrogens with zero attached hydrogens (tertiary/aromatic N) is 1. The summed E-state index contributed by atoms with van der Waals surface area (Å²) in [5.74, 6) is 0.284. The molecule has 1 heterocycles. The lowest BCUT2D eigenvalue weighted by Gasteiger charge is -2.35. The van der Waals surface area contributed by atoms with Gasteiger partial charge in [0.2, 0.25) is 5.91 Å². The van der Waals surface area contributed by atoms with Crippen LogP contribution in [0.3, 0.4) is 0 Å². The van der Waals surface area contributed by atoms with E-state index in [1.165, 1.54) is 24.0 Å². The predicted molar refractivity (Wildman–Crippen MR) is 76.0 cm³/mol. The molecule has 0 aromatic heterocycles. The Hall–Kier alpha value is -1.35. The van der Waals surface area contributed by atoms with Gasteiger partial charge in [0, 0.05) is 32.1 Å². The number of hydrogen-bond acceptors (Lipinski definition) is 2. The second kappa shape index (κ2) is 5.33. The van der Waals surface area contributed by atoms with Gasteiger partial charge in [-0.3, -0.25) is 4.79 Å². The molecule has 1 aliphatic heterocycles. The maximum Gasteiger partial charge on any atom is 0.222 e. The molecule has 2 atom stereocenters. The number of carbonyl (C=O) groups excluding carboxylic acids is 1. The number of piperidine rings is 1. The molecule has 1 aromatic rings. The van der Waals surface area contributed by atoms with Gasteiger partial charge >= 0.3 is 0 Å². The summed E-state index contributed by atoms with van der Waals surface area (Å²) in [6.45, 7) is 0.858. The summed E-state index contributed by atoms with van der Waals surface area (Å²) in [7, 11) is 1.91. The molecule has 3 rings (SSSR count). The van der Waals surface area contributed by atoms with Crippen molar-refractivity contribution in [3.63, 3.8) is 0 Å². The highest BCUT2D eigenvalue weighted by Crippen LogP contribution is 2.22. The molecule has 0 spiro atoms.